The maximum Gasteiger partial charge on any atom is 0.411 e. The molecule has 0 saturated carbocycles. The van der Waals surface area contributed by atoms with Crippen molar-refractivity contribution in [2.45, 2.75) is 24.4 Å². The normalized spacial score (nSPS) is 11.1. The number of furan rings is 1. The molecule has 3 heterocycles. The number of hydrogen-bond donors (Lipinski definition) is 1. The van der Waals surface area contributed by atoms with Gasteiger partial charge in [-0.05, 0) is 61.0 Å². The second-order valence-corrected chi connectivity index (χ2v) is 9.29. The van der Waals surface area contributed by atoms with Gasteiger partial charge in [-0.25, -0.2) is 9.59 Å². The van der Waals surface area contributed by atoms with E-state index in [9.17, 15) is 9.59 Å². The molecular formula is C26H21ClN4O5S. The molecule has 5 rings (SSSR count). The van der Waals surface area contributed by atoms with Gasteiger partial charge in [-0.1, -0.05) is 23.4 Å². The Kier molecular flexibility index (Phi) is 7.29. The van der Waals surface area contributed by atoms with Gasteiger partial charge < -0.3 is 13.6 Å². The third kappa shape index (κ3) is 5.71. The fourth-order valence-corrected chi connectivity index (χ4v) is 4.82. The fraction of sp³-hybridized carbons (Fsp3) is 0.154. The molecule has 1 amide bonds. The van der Waals surface area contributed by atoms with E-state index in [-0.39, 0.29) is 6.61 Å². The molecule has 0 aliphatic carbocycles. The van der Waals surface area contributed by atoms with Crippen LogP contribution in [0.1, 0.15) is 18.2 Å². The standard InChI is InChI=1S/C26H21ClN4O5S/c1-2-34-26(33)28-19-9-10-21-17(12-23(32)36-22(21)13-19)15-37-25-30-29-24(16-5-7-18(27)8-6-16)31(25)14-20-4-3-11-35-20/h3-13H,2,14-15H2,1H3,(H,28,33). The fourth-order valence-electron chi connectivity index (χ4n) is 3.76. The van der Waals surface area contributed by atoms with Gasteiger partial charge in [0, 0.05) is 39.5 Å². The lowest BCUT2D eigenvalue weighted by atomic mass is 10.1. The quantitative estimate of drug-likeness (QED) is 0.184. The Morgan fingerprint density at radius 3 is 2.73 bits per heavy atom. The number of carbonyl (C=O) groups excluding carboxylic acids is 1. The van der Waals surface area contributed by atoms with Gasteiger partial charge in [-0.2, -0.15) is 0 Å². The molecule has 0 radical (unpaired) electrons. The van der Waals surface area contributed by atoms with Gasteiger partial charge in [0.25, 0.3) is 0 Å². The number of thioether (sulfide) groups is 1. The highest BCUT2D eigenvalue weighted by atomic mass is 35.5. The maximum absolute atomic E-state index is 12.3. The van der Waals surface area contributed by atoms with Crippen LogP contribution in [0.3, 0.4) is 0 Å². The molecule has 9 nitrogen and oxygen atoms in total. The molecule has 5 aromatic rings. The summed E-state index contributed by atoms with van der Waals surface area (Å²) in [5, 5.41) is 13.5. The van der Waals surface area contributed by atoms with Crippen LogP contribution in [-0.4, -0.2) is 27.5 Å². The summed E-state index contributed by atoms with van der Waals surface area (Å²) in [7, 11) is 0. The Balaban J connectivity index is 1.44. The van der Waals surface area contributed by atoms with Crippen molar-refractivity contribution in [1.82, 2.24) is 14.8 Å². The number of nitrogens with zero attached hydrogens (tertiary/aromatic N) is 3. The van der Waals surface area contributed by atoms with Gasteiger partial charge in [0.2, 0.25) is 0 Å². The predicted molar refractivity (Wildman–Crippen MR) is 141 cm³/mol. The predicted octanol–water partition coefficient (Wildman–Crippen LogP) is 6.21. The summed E-state index contributed by atoms with van der Waals surface area (Å²) in [5.41, 5.74) is 1.96. The number of amides is 1. The van der Waals surface area contributed by atoms with Gasteiger partial charge in [-0.15, -0.1) is 10.2 Å². The Morgan fingerprint density at radius 2 is 1.97 bits per heavy atom. The highest BCUT2D eigenvalue weighted by molar-refractivity contribution is 7.98. The van der Waals surface area contributed by atoms with Crippen LogP contribution in [0.15, 0.2) is 85.7 Å². The Morgan fingerprint density at radius 1 is 1.14 bits per heavy atom. The molecule has 2 aromatic carbocycles. The maximum atomic E-state index is 12.3. The van der Waals surface area contributed by atoms with E-state index in [4.69, 9.17) is 25.2 Å². The van der Waals surface area contributed by atoms with Gasteiger partial charge in [-0.3, -0.25) is 9.88 Å². The molecule has 37 heavy (non-hydrogen) atoms. The summed E-state index contributed by atoms with van der Waals surface area (Å²) in [6.07, 6.45) is 1.04. The number of rotatable bonds is 8. The number of carbonyl (C=O) groups is 1. The van der Waals surface area contributed by atoms with E-state index in [1.165, 1.54) is 17.8 Å². The van der Waals surface area contributed by atoms with Crippen molar-refractivity contribution in [3.8, 4) is 11.4 Å². The number of benzene rings is 2. The van der Waals surface area contributed by atoms with Crippen molar-refractivity contribution in [1.29, 1.82) is 0 Å². The Labute approximate surface area is 220 Å². The first kappa shape index (κ1) is 24.7. The largest absolute Gasteiger partial charge is 0.467 e. The molecular weight excluding hydrogens is 516 g/mol. The summed E-state index contributed by atoms with van der Waals surface area (Å²) in [5.74, 6) is 1.86. The van der Waals surface area contributed by atoms with E-state index < -0.39 is 11.7 Å². The van der Waals surface area contributed by atoms with E-state index in [2.05, 4.69) is 15.5 Å². The van der Waals surface area contributed by atoms with Crippen LogP contribution in [0.25, 0.3) is 22.4 Å². The topological polar surface area (TPSA) is 112 Å². The third-order valence-corrected chi connectivity index (χ3v) is 6.69. The van der Waals surface area contributed by atoms with Crippen molar-refractivity contribution >= 4 is 46.1 Å². The molecule has 0 aliphatic rings. The molecule has 0 aliphatic heterocycles. The highest BCUT2D eigenvalue weighted by Gasteiger charge is 2.17. The van der Waals surface area contributed by atoms with E-state index >= 15 is 0 Å². The van der Waals surface area contributed by atoms with Gasteiger partial charge in [0.05, 0.1) is 19.4 Å². The number of hydrogen-bond acceptors (Lipinski definition) is 8. The molecule has 11 heteroatoms. The first-order valence-electron chi connectivity index (χ1n) is 11.3. The van der Waals surface area contributed by atoms with Crippen molar-refractivity contribution in [3.63, 3.8) is 0 Å². The number of nitrogens with one attached hydrogen (secondary N) is 1. The molecule has 0 bridgehead atoms. The number of ether oxygens (including phenoxy) is 1. The molecule has 0 atom stereocenters. The smallest absolute Gasteiger partial charge is 0.411 e. The van der Waals surface area contributed by atoms with Gasteiger partial charge in [0.1, 0.15) is 11.3 Å². The Bertz CT molecular complexity index is 1600. The zero-order valence-electron chi connectivity index (χ0n) is 19.6. The van der Waals surface area contributed by atoms with Crippen molar-refractivity contribution in [2.24, 2.45) is 0 Å². The minimum absolute atomic E-state index is 0.250. The lowest BCUT2D eigenvalue weighted by molar-refractivity contribution is 0.168. The monoisotopic (exact) mass is 536 g/mol. The first-order chi connectivity index (χ1) is 18.0. The summed E-state index contributed by atoms with van der Waals surface area (Å²) in [6.45, 7) is 2.40. The van der Waals surface area contributed by atoms with Crippen LogP contribution in [0.5, 0.6) is 0 Å². The molecule has 0 spiro atoms. The number of anilines is 1. The molecule has 0 fully saturated rings. The first-order valence-corrected chi connectivity index (χ1v) is 12.7. The molecule has 3 aromatic heterocycles. The second-order valence-electron chi connectivity index (χ2n) is 7.91. The van der Waals surface area contributed by atoms with E-state index in [1.807, 2.05) is 28.8 Å². The summed E-state index contributed by atoms with van der Waals surface area (Å²) in [6, 6.07) is 17.7. The van der Waals surface area contributed by atoms with Crippen LogP contribution in [0.2, 0.25) is 5.02 Å². The average Bonchev–Trinajstić information content (AvgIpc) is 3.53. The Hall–Kier alpha value is -4.02. The number of fused-ring (bicyclic) bond motifs is 1. The number of halogens is 1. The van der Waals surface area contributed by atoms with Crippen molar-refractivity contribution in [2.75, 3.05) is 11.9 Å². The summed E-state index contributed by atoms with van der Waals surface area (Å²) < 4.78 is 17.8. The van der Waals surface area contributed by atoms with Crippen LogP contribution in [0, 0.1) is 0 Å². The summed E-state index contributed by atoms with van der Waals surface area (Å²) in [4.78, 5) is 24.1. The minimum atomic E-state index is -0.580. The zero-order valence-corrected chi connectivity index (χ0v) is 21.2. The van der Waals surface area contributed by atoms with Crippen LogP contribution < -0.4 is 10.9 Å². The number of aromatic nitrogens is 3. The lowest BCUT2D eigenvalue weighted by Crippen LogP contribution is -2.13. The molecule has 188 valence electrons. The summed E-state index contributed by atoms with van der Waals surface area (Å²) >= 11 is 7.50. The lowest BCUT2D eigenvalue weighted by Gasteiger charge is -2.10. The molecule has 1 N–H and O–H groups in total. The van der Waals surface area contributed by atoms with E-state index in [1.54, 1.807) is 43.5 Å². The van der Waals surface area contributed by atoms with E-state index in [0.717, 1.165) is 22.3 Å². The molecule has 0 saturated heterocycles. The minimum Gasteiger partial charge on any atom is -0.467 e. The van der Waals surface area contributed by atoms with Gasteiger partial charge in [0.15, 0.2) is 11.0 Å². The second kappa shape index (κ2) is 10.9. The third-order valence-electron chi connectivity index (χ3n) is 5.42. The molecule has 0 unspecified atom stereocenters. The van der Waals surface area contributed by atoms with Crippen LogP contribution in [0.4, 0.5) is 10.5 Å². The average molecular weight is 537 g/mol. The van der Waals surface area contributed by atoms with Crippen LogP contribution >= 0.6 is 23.4 Å². The highest BCUT2D eigenvalue weighted by Crippen LogP contribution is 2.30. The van der Waals surface area contributed by atoms with Crippen LogP contribution in [-0.2, 0) is 17.0 Å². The van der Waals surface area contributed by atoms with Crippen molar-refractivity contribution < 1.29 is 18.4 Å². The van der Waals surface area contributed by atoms with E-state index in [0.29, 0.717) is 39.6 Å². The zero-order chi connectivity index (χ0) is 25.8. The van der Waals surface area contributed by atoms with Gasteiger partial charge >= 0.3 is 11.7 Å². The SMILES string of the molecule is CCOC(=O)Nc1ccc2c(CSc3nnc(-c4ccc(Cl)cc4)n3Cc3ccco3)cc(=O)oc2c1. The van der Waals surface area contributed by atoms with Crippen molar-refractivity contribution in [3.05, 3.63) is 93.7 Å².